The maximum atomic E-state index is 13.2. The van der Waals surface area contributed by atoms with E-state index in [0.717, 1.165) is 43.0 Å². The molecule has 2 aliphatic heterocycles. The van der Waals surface area contributed by atoms with Gasteiger partial charge in [0.25, 0.3) is 5.69 Å². The molecule has 1 N–H and O–H groups in total. The lowest BCUT2D eigenvalue weighted by Gasteiger charge is -2.49. The monoisotopic (exact) mass is 438 g/mol. The number of hydrogen-bond donors (Lipinski definition) is 1. The molecule has 4 rings (SSSR count). The van der Waals surface area contributed by atoms with Crippen molar-refractivity contribution in [1.82, 2.24) is 5.32 Å². The summed E-state index contributed by atoms with van der Waals surface area (Å²) in [5, 5.41) is 14.4. The van der Waals surface area contributed by atoms with Crippen molar-refractivity contribution in [2.24, 2.45) is 5.92 Å². The Morgan fingerprint density at radius 2 is 2.00 bits per heavy atom. The third-order valence-corrected chi connectivity index (χ3v) is 6.47. The molecule has 8 nitrogen and oxygen atoms in total. The predicted molar refractivity (Wildman–Crippen MR) is 124 cm³/mol. The molecule has 170 valence electrons. The normalized spacial score (nSPS) is 19.8. The minimum atomic E-state index is -0.373. The largest absolute Gasteiger partial charge is 0.385 e. The highest BCUT2D eigenvalue weighted by Crippen LogP contribution is 2.38. The number of carbonyl (C=O) groups is 1. The highest BCUT2D eigenvalue weighted by atomic mass is 16.6. The Labute approximate surface area is 188 Å². The number of benzene rings is 2. The van der Waals surface area contributed by atoms with E-state index in [2.05, 4.69) is 46.3 Å². The average Bonchev–Trinajstić information content (AvgIpc) is 2.80. The van der Waals surface area contributed by atoms with Crippen molar-refractivity contribution in [1.29, 1.82) is 0 Å². The van der Waals surface area contributed by atoms with Crippen LogP contribution in [0, 0.1) is 23.0 Å². The van der Waals surface area contributed by atoms with Crippen LogP contribution < -0.4 is 15.1 Å². The van der Waals surface area contributed by atoms with Crippen molar-refractivity contribution in [3.63, 3.8) is 0 Å². The third kappa shape index (κ3) is 4.55. The lowest BCUT2D eigenvalue weighted by molar-refractivity contribution is -0.384. The van der Waals surface area contributed by atoms with Crippen molar-refractivity contribution in [2.75, 3.05) is 49.7 Å². The second-order valence-corrected chi connectivity index (χ2v) is 8.56. The van der Waals surface area contributed by atoms with E-state index < -0.39 is 0 Å². The highest BCUT2D eigenvalue weighted by molar-refractivity contribution is 5.82. The number of non-ortho nitro benzene ring substituents is 1. The second-order valence-electron chi connectivity index (χ2n) is 8.56. The zero-order valence-corrected chi connectivity index (χ0v) is 18.6. The Morgan fingerprint density at radius 3 is 2.72 bits per heavy atom. The van der Waals surface area contributed by atoms with E-state index in [9.17, 15) is 14.9 Å². The van der Waals surface area contributed by atoms with Gasteiger partial charge in [-0.15, -0.1) is 0 Å². The van der Waals surface area contributed by atoms with E-state index in [4.69, 9.17) is 4.74 Å². The van der Waals surface area contributed by atoms with Crippen LogP contribution in [0.5, 0.6) is 0 Å². The Kier molecular flexibility index (Phi) is 6.60. The van der Waals surface area contributed by atoms with Gasteiger partial charge in [0.05, 0.1) is 16.9 Å². The zero-order valence-electron chi connectivity index (χ0n) is 18.6. The van der Waals surface area contributed by atoms with Crippen LogP contribution in [0.3, 0.4) is 0 Å². The molecule has 32 heavy (non-hydrogen) atoms. The quantitative estimate of drug-likeness (QED) is 0.406. The van der Waals surface area contributed by atoms with Crippen molar-refractivity contribution in [3.05, 3.63) is 63.7 Å². The number of hydrogen-bond acceptors (Lipinski definition) is 6. The summed E-state index contributed by atoms with van der Waals surface area (Å²) in [6.45, 7) is 5.55. The van der Waals surface area contributed by atoms with Crippen molar-refractivity contribution < 1.29 is 14.5 Å². The van der Waals surface area contributed by atoms with Crippen LogP contribution in [0.1, 0.15) is 17.5 Å². The first kappa shape index (κ1) is 22.1. The summed E-state index contributed by atoms with van der Waals surface area (Å²) in [7, 11) is 1.65. The van der Waals surface area contributed by atoms with E-state index in [0.29, 0.717) is 19.6 Å². The van der Waals surface area contributed by atoms with Crippen LogP contribution in [-0.2, 0) is 16.0 Å². The summed E-state index contributed by atoms with van der Waals surface area (Å²) < 4.78 is 5.08. The molecule has 0 saturated carbocycles. The number of aryl methyl sites for hydroxylation is 1. The van der Waals surface area contributed by atoms with Crippen LogP contribution in [0.25, 0.3) is 0 Å². The molecule has 2 heterocycles. The molecule has 2 unspecified atom stereocenters. The zero-order chi connectivity index (χ0) is 22.7. The number of nitrogens with one attached hydrogen (secondary N) is 1. The van der Waals surface area contributed by atoms with Crippen LogP contribution in [0.4, 0.5) is 17.1 Å². The van der Waals surface area contributed by atoms with Crippen LogP contribution in [0.2, 0.25) is 0 Å². The average molecular weight is 439 g/mol. The number of amides is 1. The topological polar surface area (TPSA) is 87.9 Å². The Balaban J connectivity index is 1.60. The summed E-state index contributed by atoms with van der Waals surface area (Å²) >= 11 is 0. The van der Waals surface area contributed by atoms with Gasteiger partial charge in [-0.3, -0.25) is 14.9 Å². The van der Waals surface area contributed by atoms with E-state index in [1.165, 1.54) is 5.56 Å². The Bertz CT molecular complexity index is 978. The second kappa shape index (κ2) is 9.56. The molecule has 1 amide bonds. The van der Waals surface area contributed by atoms with E-state index in [1.54, 1.807) is 19.2 Å². The summed E-state index contributed by atoms with van der Waals surface area (Å²) in [5.41, 5.74) is 4.32. The lowest BCUT2D eigenvalue weighted by Crippen LogP contribution is -2.61. The fraction of sp³-hybridized carbons (Fsp3) is 0.458. The molecule has 0 bridgehead atoms. The van der Waals surface area contributed by atoms with Crippen molar-refractivity contribution in [3.8, 4) is 0 Å². The molecule has 0 radical (unpaired) electrons. The summed E-state index contributed by atoms with van der Waals surface area (Å²) in [5.74, 6) is -0.278. The lowest BCUT2D eigenvalue weighted by atomic mass is 9.83. The van der Waals surface area contributed by atoms with E-state index in [-0.39, 0.29) is 28.5 Å². The van der Waals surface area contributed by atoms with Gasteiger partial charge in [-0.1, -0.05) is 17.7 Å². The van der Waals surface area contributed by atoms with Gasteiger partial charge in [-0.2, -0.15) is 0 Å². The standard InChI is InChI=1S/C24H30N4O4/c1-17-4-6-19(7-5-17)26-11-12-27-22-9-8-20(28(30)31)14-18(22)15-21(23(27)16-26)24(29)25-10-3-13-32-2/h4-9,14,21,23H,3,10-13,15-16H2,1-2H3,(H,25,29). The fourth-order valence-electron chi connectivity index (χ4n) is 4.77. The summed E-state index contributed by atoms with van der Waals surface area (Å²) in [6, 6.07) is 13.5. The van der Waals surface area contributed by atoms with Gasteiger partial charge >= 0.3 is 0 Å². The third-order valence-electron chi connectivity index (χ3n) is 6.47. The molecule has 2 aliphatic rings. The molecule has 1 fully saturated rings. The van der Waals surface area contributed by atoms with Gasteiger partial charge in [0, 0.05) is 63.4 Å². The predicted octanol–water partition coefficient (Wildman–Crippen LogP) is 2.92. The number of ether oxygens (including phenoxy) is 1. The number of piperazine rings is 1. The highest BCUT2D eigenvalue weighted by Gasteiger charge is 2.42. The maximum Gasteiger partial charge on any atom is 0.269 e. The number of nitro groups is 1. The smallest absolute Gasteiger partial charge is 0.269 e. The van der Waals surface area contributed by atoms with Gasteiger partial charge in [-0.05, 0) is 43.5 Å². The van der Waals surface area contributed by atoms with Crippen molar-refractivity contribution in [2.45, 2.75) is 25.8 Å². The Hall–Kier alpha value is -3.13. The first-order valence-electron chi connectivity index (χ1n) is 11.1. The molecule has 0 spiro atoms. The first-order chi connectivity index (χ1) is 15.5. The maximum absolute atomic E-state index is 13.2. The molecule has 1 saturated heterocycles. The van der Waals surface area contributed by atoms with Gasteiger partial charge in [0.1, 0.15) is 0 Å². The molecule has 2 atom stereocenters. The van der Waals surface area contributed by atoms with Gasteiger partial charge in [0.2, 0.25) is 5.91 Å². The number of fused-ring (bicyclic) bond motifs is 3. The molecule has 2 aromatic rings. The number of nitrogens with zero attached hydrogens (tertiary/aromatic N) is 3. The van der Waals surface area contributed by atoms with Gasteiger partial charge in [-0.25, -0.2) is 0 Å². The number of nitro benzene ring substituents is 1. The Morgan fingerprint density at radius 1 is 1.22 bits per heavy atom. The van der Waals surface area contributed by atoms with E-state index in [1.807, 2.05) is 6.07 Å². The number of methoxy groups -OCH3 is 1. The number of anilines is 2. The van der Waals surface area contributed by atoms with Crippen LogP contribution in [0.15, 0.2) is 42.5 Å². The van der Waals surface area contributed by atoms with E-state index >= 15 is 0 Å². The molecule has 2 aromatic carbocycles. The summed E-state index contributed by atoms with van der Waals surface area (Å²) in [4.78, 5) is 28.7. The molecule has 0 aliphatic carbocycles. The van der Waals surface area contributed by atoms with Crippen LogP contribution >= 0.6 is 0 Å². The minimum Gasteiger partial charge on any atom is -0.385 e. The molecular formula is C24H30N4O4. The fourth-order valence-corrected chi connectivity index (χ4v) is 4.77. The number of carbonyl (C=O) groups excluding carboxylic acids is 1. The van der Waals surface area contributed by atoms with Gasteiger partial charge in [0.15, 0.2) is 0 Å². The number of rotatable bonds is 7. The first-order valence-corrected chi connectivity index (χ1v) is 11.1. The molecular weight excluding hydrogens is 408 g/mol. The van der Waals surface area contributed by atoms with Crippen molar-refractivity contribution >= 4 is 23.0 Å². The molecule has 8 heteroatoms. The van der Waals surface area contributed by atoms with Gasteiger partial charge < -0.3 is 19.9 Å². The molecule has 0 aromatic heterocycles. The minimum absolute atomic E-state index is 0.000912. The van der Waals surface area contributed by atoms with Crippen LogP contribution in [-0.4, -0.2) is 56.8 Å². The summed E-state index contributed by atoms with van der Waals surface area (Å²) in [6.07, 6.45) is 1.25. The SMILES string of the molecule is COCCCNC(=O)C1Cc2cc([N+](=O)[O-])ccc2N2CCN(c3ccc(C)cc3)CC12.